The van der Waals surface area contributed by atoms with Crippen LogP contribution < -0.4 is 15.0 Å². The summed E-state index contributed by atoms with van der Waals surface area (Å²) in [5.41, 5.74) is 4.31. The molecule has 1 unspecified atom stereocenters. The van der Waals surface area contributed by atoms with Crippen molar-refractivity contribution in [1.82, 2.24) is 9.97 Å². The number of aryl methyl sites for hydroxylation is 1. The molecule has 3 aromatic rings. The van der Waals surface area contributed by atoms with Crippen molar-refractivity contribution in [3.63, 3.8) is 0 Å². The second-order valence-electron chi connectivity index (χ2n) is 7.72. The van der Waals surface area contributed by atoms with Gasteiger partial charge in [-0.1, -0.05) is 6.07 Å². The SMILES string of the molecule is Cc1ccc(-c2cc(CNc3ccc(OC(F)(F)F)cc3)cnc2N2CCC(O)C2)cn1. The highest BCUT2D eigenvalue weighted by Gasteiger charge is 2.31. The van der Waals surface area contributed by atoms with Crippen molar-refractivity contribution in [2.45, 2.75) is 32.4 Å². The van der Waals surface area contributed by atoms with Crippen molar-refractivity contribution in [2.24, 2.45) is 0 Å². The first kappa shape index (κ1) is 21.9. The van der Waals surface area contributed by atoms with E-state index in [1.807, 2.05) is 25.1 Å². The highest BCUT2D eigenvalue weighted by Crippen LogP contribution is 2.32. The van der Waals surface area contributed by atoms with Crippen molar-refractivity contribution >= 4 is 11.5 Å². The van der Waals surface area contributed by atoms with Crippen LogP contribution in [0.2, 0.25) is 0 Å². The van der Waals surface area contributed by atoms with E-state index < -0.39 is 6.36 Å². The number of alkyl halides is 3. The largest absolute Gasteiger partial charge is 0.573 e. The van der Waals surface area contributed by atoms with Crippen LogP contribution in [0.5, 0.6) is 5.75 Å². The van der Waals surface area contributed by atoms with Crippen LogP contribution in [0.25, 0.3) is 11.1 Å². The van der Waals surface area contributed by atoms with Crippen molar-refractivity contribution in [2.75, 3.05) is 23.3 Å². The molecule has 9 heteroatoms. The smallest absolute Gasteiger partial charge is 0.406 e. The number of pyridine rings is 2. The van der Waals surface area contributed by atoms with Gasteiger partial charge in [-0.25, -0.2) is 4.98 Å². The van der Waals surface area contributed by atoms with Gasteiger partial charge in [-0.3, -0.25) is 4.98 Å². The van der Waals surface area contributed by atoms with Gasteiger partial charge in [-0.2, -0.15) is 0 Å². The molecular formula is C23H23F3N4O2. The van der Waals surface area contributed by atoms with Gasteiger partial charge in [0.2, 0.25) is 0 Å². The molecule has 1 aliphatic heterocycles. The quantitative estimate of drug-likeness (QED) is 0.582. The number of nitrogens with zero attached hydrogens (tertiary/aromatic N) is 3. The Labute approximate surface area is 183 Å². The summed E-state index contributed by atoms with van der Waals surface area (Å²) in [6.07, 6.45) is -0.816. The van der Waals surface area contributed by atoms with Crippen LogP contribution in [0.3, 0.4) is 0 Å². The normalized spacial score (nSPS) is 16.3. The van der Waals surface area contributed by atoms with Crippen molar-refractivity contribution < 1.29 is 23.0 Å². The van der Waals surface area contributed by atoms with Crippen molar-refractivity contribution in [3.05, 3.63) is 66.1 Å². The Bertz CT molecular complexity index is 1060. The van der Waals surface area contributed by atoms with E-state index in [2.05, 4.69) is 24.9 Å². The van der Waals surface area contributed by atoms with E-state index in [4.69, 9.17) is 0 Å². The number of halogens is 3. The third kappa shape index (κ3) is 5.47. The lowest BCUT2D eigenvalue weighted by atomic mass is 10.1. The van der Waals surface area contributed by atoms with E-state index in [0.29, 0.717) is 25.2 Å². The maximum absolute atomic E-state index is 12.3. The number of nitrogens with one attached hydrogen (secondary N) is 1. The Balaban J connectivity index is 1.53. The van der Waals surface area contributed by atoms with Crippen LogP contribution in [-0.4, -0.2) is 40.6 Å². The maximum Gasteiger partial charge on any atom is 0.573 e. The van der Waals surface area contributed by atoms with Crippen LogP contribution >= 0.6 is 0 Å². The molecular weight excluding hydrogens is 421 g/mol. The minimum Gasteiger partial charge on any atom is -0.406 e. The molecule has 1 saturated heterocycles. The van der Waals surface area contributed by atoms with E-state index in [0.717, 1.165) is 34.7 Å². The summed E-state index contributed by atoms with van der Waals surface area (Å²) in [5.74, 6) is 0.528. The lowest BCUT2D eigenvalue weighted by Gasteiger charge is -2.21. The summed E-state index contributed by atoms with van der Waals surface area (Å²) in [5, 5.41) is 13.1. The number of β-amino-alcohol motifs (C(OH)–C–C–N with tert-alkyl or cyclic N) is 1. The van der Waals surface area contributed by atoms with E-state index in [9.17, 15) is 18.3 Å². The highest BCUT2D eigenvalue weighted by molar-refractivity contribution is 5.76. The third-order valence-electron chi connectivity index (χ3n) is 5.19. The Kier molecular flexibility index (Phi) is 6.18. The molecule has 3 heterocycles. The molecule has 1 aliphatic rings. The Morgan fingerprint density at radius 2 is 1.91 bits per heavy atom. The zero-order valence-electron chi connectivity index (χ0n) is 17.4. The molecule has 32 heavy (non-hydrogen) atoms. The number of hydrogen-bond acceptors (Lipinski definition) is 6. The van der Waals surface area contributed by atoms with E-state index >= 15 is 0 Å². The summed E-state index contributed by atoms with van der Waals surface area (Å²) < 4.78 is 40.8. The van der Waals surface area contributed by atoms with Crippen LogP contribution in [0.15, 0.2) is 54.9 Å². The molecule has 0 bridgehead atoms. The van der Waals surface area contributed by atoms with E-state index in [1.165, 1.54) is 24.3 Å². The summed E-state index contributed by atoms with van der Waals surface area (Å²) in [4.78, 5) is 11.1. The van der Waals surface area contributed by atoms with E-state index in [-0.39, 0.29) is 11.9 Å². The van der Waals surface area contributed by atoms with Crippen LogP contribution in [0.1, 0.15) is 17.7 Å². The lowest BCUT2D eigenvalue weighted by molar-refractivity contribution is -0.274. The zero-order chi connectivity index (χ0) is 22.7. The van der Waals surface area contributed by atoms with Gasteiger partial charge in [0.15, 0.2) is 0 Å². The summed E-state index contributed by atoms with van der Waals surface area (Å²) >= 11 is 0. The molecule has 1 fully saturated rings. The predicted molar refractivity (Wildman–Crippen MR) is 115 cm³/mol. The first-order valence-corrected chi connectivity index (χ1v) is 10.2. The number of benzene rings is 1. The number of rotatable bonds is 6. The molecule has 0 spiro atoms. The Morgan fingerprint density at radius 1 is 1.12 bits per heavy atom. The van der Waals surface area contributed by atoms with Gasteiger partial charge in [0.05, 0.1) is 6.10 Å². The van der Waals surface area contributed by atoms with Gasteiger partial charge in [-0.15, -0.1) is 13.2 Å². The fourth-order valence-corrected chi connectivity index (χ4v) is 3.60. The standard InChI is InChI=1S/C23H23F3N4O2/c1-15-2-3-17(13-27-15)21-10-16(12-29-22(21)30-9-8-19(31)14-30)11-28-18-4-6-20(7-5-18)32-23(24,25)26/h2-7,10,12-13,19,28,31H,8-9,11,14H2,1H3. The second-order valence-corrected chi connectivity index (χ2v) is 7.72. The average Bonchev–Trinajstić information content (AvgIpc) is 3.19. The van der Waals surface area contributed by atoms with Gasteiger partial charge in [0, 0.05) is 54.5 Å². The van der Waals surface area contributed by atoms with Gasteiger partial charge in [0.25, 0.3) is 0 Å². The molecule has 0 saturated carbocycles. The van der Waals surface area contributed by atoms with Gasteiger partial charge in [0.1, 0.15) is 11.6 Å². The summed E-state index contributed by atoms with van der Waals surface area (Å²) in [7, 11) is 0. The van der Waals surface area contributed by atoms with Crippen LogP contribution in [-0.2, 0) is 6.54 Å². The first-order chi connectivity index (χ1) is 15.3. The number of hydrogen-bond donors (Lipinski definition) is 2. The molecule has 2 aromatic heterocycles. The number of ether oxygens (including phenoxy) is 1. The molecule has 2 N–H and O–H groups in total. The van der Waals surface area contributed by atoms with E-state index in [1.54, 1.807) is 12.4 Å². The topological polar surface area (TPSA) is 70.5 Å². The molecule has 0 amide bonds. The number of aliphatic hydroxyl groups excluding tert-OH is 1. The molecule has 4 rings (SSSR count). The fraction of sp³-hybridized carbons (Fsp3) is 0.304. The third-order valence-corrected chi connectivity index (χ3v) is 5.19. The molecule has 1 aromatic carbocycles. The highest BCUT2D eigenvalue weighted by atomic mass is 19.4. The number of aromatic nitrogens is 2. The van der Waals surface area contributed by atoms with Crippen LogP contribution in [0, 0.1) is 6.92 Å². The maximum atomic E-state index is 12.3. The first-order valence-electron chi connectivity index (χ1n) is 10.2. The molecule has 168 valence electrons. The summed E-state index contributed by atoms with van der Waals surface area (Å²) in [6.45, 7) is 3.61. The minimum atomic E-state index is -4.71. The van der Waals surface area contributed by atoms with Crippen molar-refractivity contribution in [1.29, 1.82) is 0 Å². The van der Waals surface area contributed by atoms with Gasteiger partial charge < -0.3 is 20.1 Å². The number of aliphatic hydroxyl groups is 1. The Morgan fingerprint density at radius 3 is 2.53 bits per heavy atom. The molecule has 0 aliphatic carbocycles. The van der Waals surface area contributed by atoms with Gasteiger partial charge in [-0.05, 0) is 55.3 Å². The van der Waals surface area contributed by atoms with Gasteiger partial charge >= 0.3 is 6.36 Å². The van der Waals surface area contributed by atoms with Crippen LogP contribution in [0.4, 0.5) is 24.7 Å². The monoisotopic (exact) mass is 444 g/mol. The molecule has 1 atom stereocenters. The molecule has 0 radical (unpaired) electrons. The van der Waals surface area contributed by atoms with Crippen molar-refractivity contribution in [3.8, 4) is 16.9 Å². The predicted octanol–water partition coefficient (Wildman–Crippen LogP) is 4.53. The average molecular weight is 444 g/mol. The molecule has 6 nitrogen and oxygen atoms in total. The second kappa shape index (κ2) is 9.04. The summed E-state index contributed by atoms with van der Waals surface area (Å²) in [6, 6.07) is 11.5. The Hall–Kier alpha value is -3.33. The fourth-order valence-electron chi connectivity index (χ4n) is 3.60. The number of anilines is 2. The minimum absolute atomic E-state index is 0.268. The zero-order valence-corrected chi connectivity index (χ0v) is 17.4. The lowest BCUT2D eigenvalue weighted by Crippen LogP contribution is -2.23.